The molecule has 1 heterocycles. The number of nitrogens with zero attached hydrogens (tertiary/aromatic N) is 2. The third-order valence-corrected chi connectivity index (χ3v) is 4.38. The van der Waals surface area contributed by atoms with E-state index < -0.39 is 0 Å². The standard InChI is InChI=1S/C14H20BrN3O2/c1-2-17(10-11-4-3-7-16-9-11)14-6-5-12(18(19)20)8-13(14)15/h5-6,8,11,16H,2-4,7,9-10H2,1H3. The van der Waals surface area contributed by atoms with Gasteiger partial charge in [0.1, 0.15) is 0 Å². The number of nitrogens with one attached hydrogen (secondary N) is 1. The van der Waals surface area contributed by atoms with E-state index in [1.54, 1.807) is 12.1 Å². The summed E-state index contributed by atoms with van der Waals surface area (Å²) in [5.74, 6) is 0.644. The van der Waals surface area contributed by atoms with E-state index in [9.17, 15) is 10.1 Å². The molecule has 1 atom stereocenters. The first kappa shape index (κ1) is 15.3. The maximum absolute atomic E-state index is 10.8. The Labute approximate surface area is 127 Å². The second kappa shape index (κ2) is 7.04. The summed E-state index contributed by atoms with van der Waals surface area (Å²) in [6, 6.07) is 4.99. The molecule has 5 nitrogen and oxygen atoms in total. The number of non-ortho nitro benzene ring substituents is 1. The highest BCUT2D eigenvalue weighted by Gasteiger charge is 2.19. The first-order valence-electron chi connectivity index (χ1n) is 7.01. The van der Waals surface area contributed by atoms with Gasteiger partial charge in [0, 0.05) is 29.7 Å². The molecule has 1 unspecified atom stereocenters. The van der Waals surface area contributed by atoms with E-state index in [1.165, 1.54) is 12.8 Å². The summed E-state index contributed by atoms with van der Waals surface area (Å²) < 4.78 is 0.789. The fraction of sp³-hybridized carbons (Fsp3) is 0.571. The predicted molar refractivity (Wildman–Crippen MR) is 84.3 cm³/mol. The Morgan fingerprint density at radius 3 is 2.90 bits per heavy atom. The number of anilines is 1. The SMILES string of the molecule is CCN(CC1CCCNC1)c1ccc([N+](=O)[O-])cc1Br. The zero-order chi connectivity index (χ0) is 14.5. The topological polar surface area (TPSA) is 58.4 Å². The zero-order valence-electron chi connectivity index (χ0n) is 11.6. The molecule has 110 valence electrons. The van der Waals surface area contributed by atoms with Crippen molar-refractivity contribution in [2.75, 3.05) is 31.1 Å². The van der Waals surface area contributed by atoms with Crippen LogP contribution in [0.3, 0.4) is 0 Å². The molecule has 0 aromatic heterocycles. The van der Waals surface area contributed by atoms with Crippen molar-refractivity contribution in [1.82, 2.24) is 5.32 Å². The molecule has 1 aliphatic heterocycles. The van der Waals surface area contributed by atoms with E-state index in [2.05, 4.69) is 33.1 Å². The lowest BCUT2D eigenvalue weighted by molar-refractivity contribution is -0.384. The van der Waals surface area contributed by atoms with Crippen molar-refractivity contribution < 1.29 is 4.92 Å². The molecule has 0 saturated carbocycles. The largest absolute Gasteiger partial charge is 0.371 e. The third kappa shape index (κ3) is 3.70. The first-order valence-corrected chi connectivity index (χ1v) is 7.80. The maximum atomic E-state index is 10.8. The van der Waals surface area contributed by atoms with Gasteiger partial charge in [0.2, 0.25) is 0 Å². The molecule has 0 spiro atoms. The fourth-order valence-electron chi connectivity index (χ4n) is 2.66. The molecule has 0 amide bonds. The summed E-state index contributed by atoms with van der Waals surface area (Å²) in [6.07, 6.45) is 2.47. The smallest absolute Gasteiger partial charge is 0.270 e. The molecule has 1 aliphatic rings. The van der Waals surface area contributed by atoms with E-state index in [0.717, 1.165) is 36.3 Å². The molecular formula is C14H20BrN3O2. The minimum atomic E-state index is -0.365. The van der Waals surface area contributed by atoms with Crippen molar-refractivity contribution in [2.45, 2.75) is 19.8 Å². The van der Waals surface area contributed by atoms with Crippen molar-refractivity contribution in [1.29, 1.82) is 0 Å². The molecule has 1 fully saturated rings. The number of halogens is 1. The summed E-state index contributed by atoms with van der Waals surface area (Å²) in [5, 5.41) is 14.2. The Bertz CT molecular complexity index is 475. The lowest BCUT2D eigenvalue weighted by Gasteiger charge is -2.31. The van der Waals surface area contributed by atoms with Crippen LogP contribution in [-0.2, 0) is 0 Å². The number of piperidine rings is 1. The molecule has 1 N–H and O–H groups in total. The lowest BCUT2D eigenvalue weighted by atomic mass is 9.99. The van der Waals surface area contributed by atoms with Gasteiger partial charge in [-0.1, -0.05) is 0 Å². The minimum absolute atomic E-state index is 0.121. The lowest BCUT2D eigenvalue weighted by Crippen LogP contribution is -2.38. The monoisotopic (exact) mass is 341 g/mol. The van der Waals surface area contributed by atoms with Gasteiger partial charge in [0.25, 0.3) is 5.69 Å². The number of rotatable bonds is 5. The molecule has 1 aromatic rings. The molecule has 0 aliphatic carbocycles. The number of hydrogen-bond donors (Lipinski definition) is 1. The van der Waals surface area contributed by atoms with E-state index in [0.29, 0.717) is 5.92 Å². The van der Waals surface area contributed by atoms with Crippen molar-refractivity contribution in [2.24, 2.45) is 5.92 Å². The van der Waals surface area contributed by atoms with Crippen LogP contribution in [0.1, 0.15) is 19.8 Å². The first-order chi connectivity index (χ1) is 9.61. The Morgan fingerprint density at radius 2 is 2.35 bits per heavy atom. The second-order valence-electron chi connectivity index (χ2n) is 5.14. The summed E-state index contributed by atoms with van der Waals surface area (Å²) >= 11 is 3.46. The van der Waals surface area contributed by atoms with Gasteiger partial charge in [-0.3, -0.25) is 10.1 Å². The molecule has 6 heteroatoms. The van der Waals surface area contributed by atoms with Gasteiger partial charge in [-0.2, -0.15) is 0 Å². The number of nitro benzene ring substituents is 1. The minimum Gasteiger partial charge on any atom is -0.371 e. The van der Waals surface area contributed by atoms with Crippen LogP contribution in [0.15, 0.2) is 22.7 Å². The predicted octanol–water partition coefficient (Wildman–Crippen LogP) is 3.18. The highest BCUT2D eigenvalue weighted by Crippen LogP contribution is 2.31. The van der Waals surface area contributed by atoms with Crippen molar-refractivity contribution in [3.05, 3.63) is 32.8 Å². The average Bonchev–Trinajstić information content (AvgIpc) is 2.46. The average molecular weight is 342 g/mol. The molecule has 1 aromatic carbocycles. The Balaban J connectivity index is 2.12. The number of nitro groups is 1. The van der Waals surface area contributed by atoms with Crippen LogP contribution in [0.5, 0.6) is 0 Å². The zero-order valence-corrected chi connectivity index (χ0v) is 13.2. The van der Waals surface area contributed by atoms with Crippen molar-refractivity contribution in [3.63, 3.8) is 0 Å². The van der Waals surface area contributed by atoms with Gasteiger partial charge in [-0.05, 0) is 60.8 Å². The quantitative estimate of drug-likeness (QED) is 0.660. The molecule has 2 rings (SSSR count). The van der Waals surface area contributed by atoms with Gasteiger partial charge in [0.05, 0.1) is 10.6 Å². The van der Waals surface area contributed by atoms with Gasteiger partial charge >= 0.3 is 0 Å². The van der Waals surface area contributed by atoms with E-state index in [-0.39, 0.29) is 10.6 Å². The molecule has 20 heavy (non-hydrogen) atoms. The van der Waals surface area contributed by atoms with Crippen LogP contribution < -0.4 is 10.2 Å². The van der Waals surface area contributed by atoms with Crippen LogP contribution in [-0.4, -0.2) is 31.1 Å². The van der Waals surface area contributed by atoms with Crippen LogP contribution in [0.2, 0.25) is 0 Å². The van der Waals surface area contributed by atoms with E-state index in [1.807, 2.05) is 6.07 Å². The Kier molecular flexibility index (Phi) is 5.37. The summed E-state index contributed by atoms with van der Waals surface area (Å²) in [7, 11) is 0. The van der Waals surface area contributed by atoms with Gasteiger partial charge in [0.15, 0.2) is 0 Å². The Morgan fingerprint density at radius 1 is 1.55 bits per heavy atom. The second-order valence-corrected chi connectivity index (χ2v) is 6.00. The van der Waals surface area contributed by atoms with Crippen LogP contribution >= 0.6 is 15.9 Å². The van der Waals surface area contributed by atoms with Crippen molar-refractivity contribution >= 4 is 27.3 Å². The molecule has 1 saturated heterocycles. The molecule has 0 radical (unpaired) electrons. The van der Waals surface area contributed by atoms with E-state index >= 15 is 0 Å². The van der Waals surface area contributed by atoms with Crippen molar-refractivity contribution in [3.8, 4) is 0 Å². The molecule has 0 bridgehead atoms. The maximum Gasteiger partial charge on any atom is 0.270 e. The number of benzene rings is 1. The van der Waals surface area contributed by atoms with Gasteiger partial charge in [-0.25, -0.2) is 0 Å². The van der Waals surface area contributed by atoms with Crippen LogP contribution in [0.4, 0.5) is 11.4 Å². The summed E-state index contributed by atoms with van der Waals surface area (Å²) in [5.41, 5.74) is 1.15. The van der Waals surface area contributed by atoms with Gasteiger partial charge < -0.3 is 10.2 Å². The van der Waals surface area contributed by atoms with Crippen LogP contribution in [0.25, 0.3) is 0 Å². The summed E-state index contributed by atoms with van der Waals surface area (Å²) in [4.78, 5) is 12.7. The highest BCUT2D eigenvalue weighted by atomic mass is 79.9. The van der Waals surface area contributed by atoms with Crippen LogP contribution in [0, 0.1) is 16.0 Å². The van der Waals surface area contributed by atoms with E-state index in [4.69, 9.17) is 0 Å². The molecular weight excluding hydrogens is 322 g/mol. The normalized spacial score (nSPS) is 18.8. The number of hydrogen-bond acceptors (Lipinski definition) is 4. The van der Waals surface area contributed by atoms with Gasteiger partial charge in [-0.15, -0.1) is 0 Å². The highest BCUT2D eigenvalue weighted by molar-refractivity contribution is 9.10. The summed E-state index contributed by atoms with van der Waals surface area (Å²) in [6.45, 7) is 6.17. The fourth-order valence-corrected chi connectivity index (χ4v) is 3.27. The Hall–Kier alpha value is -1.14. The third-order valence-electron chi connectivity index (χ3n) is 3.74.